The zero-order valence-electron chi connectivity index (χ0n) is 19.1. The second-order valence-electron chi connectivity index (χ2n) is 8.53. The Morgan fingerprint density at radius 2 is 1.61 bits per heavy atom. The van der Waals surface area contributed by atoms with Crippen LogP contribution >= 0.6 is 0 Å². The Morgan fingerprint density at radius 3 is 2.33 bits per heavy atom. The Labute approximate surface area is 194 Å². The topological polar surface area (TPSA) is 70.6 Å². The fourth-order valence-corrected chi connectivity index (χ4v) is 4.89. The summed E-state index contributed by atoms with van der Waals surface area (Å²) in [6, 6.07) is 18.4. The highest BCUT2D eigenvalue weighted by molar-refractivity contribution is 6.03. The van der Waals surface area contributed by atoms with E-state index in [9.17, 15) is 4.79 Å². The lowest BCUT2D eigenvalue weighted by Crippen LogP contribution is -2.47. The third-order valence-corrected chi connectivity index (χ3v) is 6.62. The Hall–Kier alpha value is -3.61. The van der Waals surface area contributed by atoms with Gasteiger partial charge in [0.2, 0.25) is 5.95 Å². The van der Waals surface area contributed by atoms with Crippen molar-refractivity contribution in [2.24, 2.45) is 0 Å². The quantitative estimate of drug-likeness (QED) is 0.644. The molecule has 2 aromatic carbocycles. The van der Waals surface area contributed by atoms with Crippen LogP contribution in [0.15, 0.2) is 54.6 Å². The number of ketones is 1. The molecule has 5 rings (SSSR count). The van der Waals surface area contributed by atoms with Crippen LogP contribution in [0, 0.1) is 0 Å². The molecule has 0 bridgehead atoms. The highest BCUT2D eigenvalue weighted by Crippen LogP contribution is 2.36. The molecule has 170 valence electrons. The van der Waals surface area contributed by atoms with Crippen molar-refractivity contribution in [3.05, 3.63) is 71.4 Å². The van der Waals surface area contributed by atoms with E-state index in [2.05, 4.69) is 33.3 Å². The zero-order chi connectivity index (χ0) is 22.8. The van der Waals surface area contributed by atoms with Gasteiger partial charge in [-0.1, -0.05) is 42.5 Å². The SMILES string of the molecule is CNc1nc(N2CCN(c3ccccc3OC)CC2)nc2c1C(=O)C[C@H](c1ccccc1)C2. The zero-order valence-corrected chi connectivity index (χ0v) is 19.1. The van der Waals surface area contributed by atoms with E-state index in [0.717, 1.165) is 49.7 Å². The monoisotopic (exact) mass is 443 g/mol. The summed E-state index contributed by atoms with van der Waals surface area (Å²) >= 11 is 0. The summed E-state index contributed by atoms with van der Waals surface area (Å²) in [4.78, 5) is 27.3. The van der Waals surface area contributed by atoms with Gasteiger partial charge in [0.05, 0.1) is 24.1 Å². The smallest absolute Gasteiger partial charge is 0.227 e. The number of nitrogens with zero attached hydrogens (tertiary/aromatic N) is 4. The van der Waals surface area contributed by atoms with E-state index in [1.54, 1.807) is 7.11 Å². The van der Waals surface area contributed by atoms with Gasteiger partial charge in [-0.05, 0) is 30.0 Å². The molecule has 7 heteroatoms. The van der Waals surface area contributed by atoms with Crippen LogP contribution in [0.3, 0.4) is 0 Å². The summed E-state index contributed by atoms with van der Waals surface area (Å²) in [7, 11) is 3.53. The maximum atomic E-state index is 13.0. The highest BCUT2D eigenvalue weighted by Gasteiger charge is 2.32. The average Bonchev–Trinajstić information content (AvgIpc) is 2.88. The van der Waals surface area contributed by atoms with Crippen LogP contribution in [0.4, 0.5) is 17.5 Å². The number of carbonyl (C=O) groups is 1. The van der Waals surface area contributed by atoms with Gasteiger partial charge >= 0.3 is 0 Å². The number of benzene rings is 2. The molecule has 1 aliphatic carbocycles. The van der Waals surface area contributed by atoms with Crippen LogP contribution in [0.1, 0.15) is 34.0 Å². The minimum absolute atomic E-state index is 0.113. The van der Waals surface area contributed by atoms with E-state index < -0.39 is 0 Å². The summed E-state index contributed by atoms with van der Waals surface area (Å²) < 4.78 is 5.54. The molecule has 1 N–H and O–H groups in total. The summed E-state index contributed by atoms with van der Waals surface area (Å²) in [5.74, 6) is 2.49. The van der Waals surface area contributed by atoms with Crippen molar-refractivity contribution >= 4 is 23.2 Å². The lowest BCUT2D eigenvalue weighted by Gasteiger charge is -2.37. The van der Waals surface area contributed by atoms with Crippen LogP contribution in [0.25, 0.3) is 0 Å². The van der Waals surface area contributed by atoms with E-state index in [1.807, 2.05) is 43.4 Å². The van der Waals surface area contributed by atoms with E-state index in [1.165, 1.54) is 5.56 Å². The number of piperazine rings is 1. The molecule has 1 fully saturated rings. The van der Waals surface area contributed by atoms with Gasteiger partial charge in [-0.15, -0.1) is 0 Å². The molecule has 3 aromatic rings. The number of methoxy groups -OCH3 is 1. The third-order valence-electron chi connectivity index (χ3n) is 6.62. The van der Waals surface area contributed by atoms with Crippen molar-refractivity contribution in [3.8, 4) is 5.75 Å². The summed E-state index contributed by atoms with van der Waals surface area (Å²) in [6.45, 7) is 3.30. The van der Waals surface area contributed by atoms with Crippen LogP contribution in [-0.2, 0) is 6.42 Å². The molecule has 0 unspecified atom stereocenters. The molecule has 1 aromatic heterocycles. The normalized spacial score (nSPS) is 18.1. The second kappa shape index (κ2) is 9.10. The van der Waals surface area contributed by atoms with E-state index in [4.69, 9.17) is 14.7 Å². The number of hydrogen-bond donors (Lipinski definition) is 1. The van der Waals surface area contributed by atoms with Crippen molar-refractivity contribution in [3.63, 3.8) is 0 Å². The fraction of sp³-hybridized carbons (Fsp3) is 0.346. The first-order valence-corrected chi connectivity index (χ1v) is 11.5. The number of rotatable bonds is 5. The Bertz CT molecular complexity index is 1140. The second-order valence-corrected chi connectivity index (χ2v) is 8.53. The molecular weight excluding hydrogens is 414 g/mol. The molecule has 0 radical (unpaired) electrons. The van der Waals surface area contributed by atoms with Crippen LogP contribution in [-0.4, -0.2) is 56.1 Å². The molecular formula is C26H29N5O2. The number of hydrogen-bond acceptors (Lipinski definition) is 7. The molecule has 1 aliphatic heterocycles. The molecule has 0 spiro atoms. The summed E-state index contributed by atoms with van der Waals surface area (Å²) in [5.41, 5.74) is 3.80. The average molecular weight is 444 g/mol. The van der Waals surface area contributed by atoms with Gasteiger partial charge < -0.3 is 19.9 Å². The van der Waals surface area contributed by atoms with Gasteiger partial charge in [-0.2, -0.15) is 4.98 Å². The molecule has 7 nitrogen and oxygen atoms in total. The number of nitrogens with one attached hydrogen (secondary N) is 1. The van der Waals surface area contributed by atoms with Gasteiger partial charge in [0.25, 0.3) is 0 Å². The van der Waals surface area contributed by atoms with Gasteiger partial charge in [0.15, 0.2) is 5.78 Å². The Balaban J connectivity index is 1.39. The first-order chi connectivity index (χ1) is 16.2. The predicted octanol–water partition coefficient (Wildman–Crippen LogP) is 3.77. The summed E-state index contributed by atoms with van der Waals surface area (Å²) in [5, 5.41) is 3.14. The number of aromatic nitrogens is 2. The highest BCUT2D eigenvalue weighted by atomic mass is 16.5. The molecule has 2 heterocycles. The lowest BCUT2D eigenvalue weighted by molar-refractivity contribution is 0.0963. The lowest BCUT2D eigenvalue weighted by atomic mass is 9.82. The largest absolute Gasteiger partial charge is 0.495 e. The Kier molecular flexibility index (Phi) is 5.86. The molecule has 2 aliphatic rings. The third kappa shape index (κ3) is 4.11. The van der Waals surface area contributed by atoms with Crippen LogP contribution < -0.4 is 19.9 Å². The van der Waals surface area contributed by atoms with Crippen molar-refractivity contribution in [2.45, 2.75) is 18.8 Å². The summed E-state index contributed by atoms with van der Waals surface area (Å²) in [6.07, 6.45) is 1.24. The maximum absolute atomic E-state index is 13.0. The van der Waals surface area contributed by atoms with Gasteiger partial charge in [0.1, 0.15) is 11.6 Å². The standard InChI is InChI=1S/C26H29N5O2/c1-27-25-24-20(16-19(17-22(24)32)18-8-4-3-5-9-18)28-26(29-25)31-14-12-30(13-15-31)21-10-6-7-11-23(21)33-2/h3-11,19H,12-17H2,1-2H3,(H,27,28,29)/t19-/m1/s1. The van der Waals surface area contributed by atoms with E-state index in [0.29, 0.717) is 23.8 Å². The molecule has 0 saturated carbocycles. The minimum Gasteiger partial charge on any atom is -0.495 e. The van der Waals surface area contributed by atoms with Gasteiger partial charge in [0, 0.05) is 39.6 Å². The van der Waals surface area contributed by atoms with Crippen LogP contribution in [0.5, 0.6) is 5.75 Å². The Morgan fingerprint density at radius 1 is 0.909 bits per heavy atom. The number of carbonyl (C=O) groups excluding carboxylic acids is 1. The van der Waals surface area contributed by atoms with Crippen LogP contribution in [0.2, 0.25) is 0 Å². The number of ether oxygens (including phenoxy) is 1. The van der Waals surface area contributed by atoms with Gasteiger partial charge in [-0.25, -0.2) is 4.98 Å². The molecule has 0 amide bonds. The molecule has 1 saturated heterocycles. The first kappa shape index (κ1) is 21.2. The van der Waals surface area contributed by atoms with Crippen molar-refractivity contribution in [2.75, 3.05) is 55.5 Å². The van der Waals surface area contributed by atoms with Crippen molar-refractivity contribution in [1.82, 2.24) is 9.97 Å². The maximum Gasteiger partial charge on any atom is 0.227 e. The van der Waals surface area contributed by atoms with E-state index >= 15 is 0 Å². The minimum atomic E-state index is 0.113. The number of anilines is 3. The fourth-order valence-electron chi connectivity index (χ4n) is 4.89. The molecule has 33 heavy (non-hydrogen) atoms. The number of fused-ring (bicyclic) bond motifs is 1. The van der Waals surface area contributed by atoms with Crippen molar-refractivity contribution < 1.29 is 9.53 Å². The van der Waals surface area contributed by atoms with Gasteiger partial charge in [-0.3, -0.25) is 4.79 Å². The predicted molar refractivity (Wildman–Crippen MR) is 131 cm³/mol. The number of para-hydroxylation sites is 2. The number of Topliss-reactive ketones (excluding diaryl/α,β-unsaturated/α-hetero) is 1. The molecule has 1 atom stereocenters. The van der Waals surface area contributed by atoms with Crippen molar-refractivity contribution in [1.29, 1.82) is 0 Å². The van der Waals surface area contributed by atoms with E-state index in [-0.39, 0.29) is 11.7 Å². The first-order valence-electron chi connectivity index (χ1n) is 11.5.